The van der Waals surface area contributed by atoms with E-state index in [9.17, 15) is 4.79 Å². The first-order valence-corrected chi connectivity index (χ1v) is 10.6. The van der Waals surface area contributed by atoms with E-state index in [-0.39, 0.29) is 17.9 Å². The second kappa shape index (κ2) is 7.71. The van der Waals surface area contributed by atoms with Crippen LogP contribution in [-0.2, 0) is 11.3 Å². The number of carbonyl (C=O) groups excluding carboxylic acids is 1. The number of aromatic nitrogens is 7. The Morgan fingerprint density at radius 3 is 3.09 bits per heavy atom. The molecule has 33 heavy (non-hydrogen) atoms. The molecule has 0 saturated carbocycles. The van der Waals surface area contributed by atoms with Gasteiger partial charge < -0.3 is 15.8 Å². The SMILES string of the molecule is Nc1nc2c(C(=O)NC3CCOC3)cc(-c3cnn(Cc4cccc5cn[nH]c45)c3)cn2n1. The number of aromatic amines is 1. The topological polar surface area (TPSA) is 141 Å². The van der Waals surface area contributed by atoms with Crippen molar-refractivity contribution in [1.82, 2.24) is 39.9 Å². The number of amides is 1. The van der Waals surface area contributed by atoms with Gasteiger partial charge in [0.2, 0.25) is 5.95 Å². The highest BCUT2D eigenvalue weighted by molar-refractivity contribution is 6.01. The summed E-state index contributed by atoms with van der Waals surface area (Å²) < 4.78 is 8.75. The third-order valence-corrected chi connectivity index (χ3v) is 5.82. The maximum absolute atomic E-state index is 13.0. The Bertz CT molecular complexity index is 1480. The summed E-state index contributed by atoms with van der Waals surface area (Å²) in [5, 5.41) is 20.0. The molecule has 166 valence electrons. The Balaban J connectivity index is 1.34. The third kappa shape index (κ3) is 3.57. The highest BCUT2D eigenvalue weighted by Crippen LogP contribution is 2.24. The summed E-state index contributed by atoms with van der Waals surface area (Å²) in [4.78, 5) is 17.3. The third-order valence-electron chi connectivity index (χ3n) is 5.82. The minimum Gasteiger partial charge on any atom is -0.379 e. The van der Waals surface area contributed by atoms with Gasteiger partial charge in [0.15, 0.2) is 5.65 Å². The molecule has 1 saturated heterocycles. The largest absolute Gasteiger partial charge is 0.379 e. The van der Waals surface area contributed by atoms with Gasteiger partial charge in [0.1, 0.15) is 0 Å². The first-order valence-electron chi connectivity index (χ1n) is 10.6. The molecule has 1 aliphatic heterocycles. The number of fused-ring (bicyclic) bond motifs is 2. The smallest absolute Gasteiger partial charge is 0.255 e. The van der Waals surface area contributed by atoms with Crippen molar-refractivity contribution in [3.05, 3.63) is 60.2 Å². The summed E-state index contributed by atoms with van der Waals surface area (Å²) in [5.41, 5.74) is 10.3. The summed E-state index contributed by atoms with van der Waals surface area (Å²) in [5.74, 6) is -0.128. The van der Waals surface area contributed by atoms with Crippen molar-refractivity contribution in [2.45, 2.75) is 19.0 Å². The minimum absolute atomic E-state index is 0.0191. The second-order valence-corrected chi connectivity index (χ2v) is 8.09. The lowest BCUT2D eigenvalue weighted by Crippen LogP contribution is -2.35. The zero-order chi connectivity index (χ0) is 22.4. The minimum atomic E-state index is -0.233. The zero-order valence-electron chi connectivity index (χ0n) is 17.6. The fourth-order valence-corrected chi connectivity index (χ4v) is 4.17. The average molecular weight is 443 g/mol. The van der Waals surface area contributed by atoms with Gasteiger partial charge in [-0.2, -0.15) is 15.2 Å². The summed E-state index contributed by atoms with van der Waals surface area (Å²) in [7, 11) is 0. The number of ether oxygens (including phenoxy) is 1. The number of carbonyl (C=O) groups is 1. The average Bonchev–Trinajstić information content (AvgIpc) is 3.59. The van der Waals surface area contributed by atoms with Crippen molar-refractivity contribution >= 4 is 28.4 Å². The number of rotatable bonds is 5. The summed E-state index contributed by atoms with van der Waals surface area (Å²) in [6, 6.07) is 7.84. The van der Waals surface area contributed by atoms with Crippen molar-refractivity contribution in [3.8, 4) is 11.1 Å². The highest BCUT2D eigenvalue weighted by Gasteiger charge is 2.22. The summed E-state index contributed by atoms with van der Waals surface area (Å²) in [6.45, 7) is 1.73. The van der Waals surface area contributed by atoms with Gasteiger partial charge in [-0.25, -0.2) is 4.52 Å². The first kappa shape index (κ1) is 19.4. The number of nitrogens with zero attached hydrogens (tertiary/aromatic N) is 6. The van der Waals surface area contributed by atoms with Crippen LogP contribution in [0.4, 0.5) is 5.95 Å². The molecule has 4 aromatic heterocycles. The molecule has 1 unspecified atom stereocenters. The molecular formula is C22H21N9O2. The molecule has 0 spiro atoms. The lowest BCUT2D eigenvalue weighted by molar-refractivity contribution is 0.0931. The predicted molar refractivity (Wildman–Crippen MR) is 121 cm³/mol. The van der Waals surface area contributed by atoms with Gasteiger partial charge in [-0.3, -0.25) is 14.6 Å². The highest BCUT2D eigenvalue weighted by atomic mass is 16.5. The second-order valence-electron chi connectivity index (χ2n) is 8.09. The molecule has 11 nitrogen and oxygen atoms in total. The molecule has 0 bridgehead atoms. The maximum Gasteiger partial charge on any atom is 0.255 e. The van der Waals surface area contributed by atoms with Crippen LogP contribution >= 0.6 is 0 Å². The number of nitrogens with two attached hydrogens (primary N) is 1. The number of nitrogens with one attached hydrogen (secondary N) is 2. The van der Waals surface area contributed by atoms with Crippen LogP contribution in [0.2, 0.25) is 0 Å². The Kier molecular flexibility index (Phi) is 4.54. The molecule has 5 heterocycles. The number of pyridine rings is 1. The Labute approximate surface area is 187 Å². The van der Waals surface area contributed by atoms with Gasteiger partial charge in [-0.15, -0.1) is 5.10 Å². The van der Waals surface area contributed by atoms with E-state index in [4.69, 9.17) is 10.5 Å². The maximum atomic E-state index is 13.0. The molecule has 11 heteroatoms. The van der Waals surface area contributed by atoms with Crippen molar-refractivity contribution in [2.24, 2.45) is 0 Å². The van der Waals surface area contributed by atoms with Crippen LogP contribution in [0.3, 0.4) is 0 Å². The molecule has 0 aliphatic carbocycles. The molecular weight excluding hydrogens is 422 g/mol. The van der Waals surface area contributed by atoms with Crippen molar-refractivity contribution in [3.63, 3.8) is 0 Å². The monoisotopic (exact) mass is 443 g/mol. The van der Waals surface area contributed by atoms with E-state index in [1.54, 1.807) is 24.7 Å². The summed E-state index contributed by atoms with van der Waals surface area (Å²) in [6.07, 6.45) is 8.08. The van der Waals surface area contributed by atoms with E-state index >= 15 is 0 Å². The molecule has 1 fully saturated rings. The Morgan fingerprint density at radius 1 is 1.27 bits per heavy atom. The first-order chi connectivity index (χ1) is 16.1. The Hall–Kier alpha value is -4.25. The van der Waals surface area contributed by atoms with E-state index in [2.05, 4.69) is 30.7 Å². The van der Waals surface area contributed by atoms with E-state index in [1.165, 1.54) is 4.52 Å². The van der Waals surface area contributed by atoms with Crippen LogP contribution in [0.5, 0.6) is 0 Å². The molecule has 6 rings (SSSR count). The zero-order valence-corrected chi connectivity index (χ0v) is 17.6. The lowest BCUT2D eigenvalue weighted by Gasteiger charge is -2.12. The van der Waals surface area contributed by atoms with Crippen LogP contribution in [0.25, 0.3) is 27.7 Å². The Morgan fingerprint density at radius 2 is 2.21 bits per heavy atom. The van der Waals surface area contributed by atoms with Gasteiger partial charge in [-0.1, -0.05) is 18.2 Å². The van der Waals surface area contributed by atoms with Crippen LogP contribution in [-0.4, -0.2) is 59.7 Å². The van der Waals surface area contributed by atoms with Crippen molar-refractivity contribution < 1.29 is 9.53 Å². The standard InChI is InChI=1S/C22H21N9O2/c23-22-27-20-18(21(32)26-17-4-5-33-12-17)6-15(11-31(20)29-22)16-8-25-30(10-16)9-14-3-1-2-13-7-24-28-19(13)14/h1-3,6-8,10-11,17H,4-5,9,12H2,(H2,23,29)(H,24,28)(H,26,32). The van der Waals surface area contributed by atoms with E-state index in [1.807, 2.05) is 29.1 Å². The molecule has 1 amide bonds. The molecule has 4 N–H and O–H groups in total. The molecule has 5 aromatic rings. The van der Waals surface area contributed by atoms with Gasteiger partial charge >= 0.3 is 0 Å². The molecule has 1 aliphatic rings. The fourth-order valence-electron chi connectivity index (χ4n) is 4.17. The van der Waals surface area contributed by atoms with E-state index in [0.717, 1.165) is 34.0 Å². The van der Waals surface area contributed by atoms with Crippen LogP contribution in [0, 0.1) is 0 Å². The fraction of sp³-hybridized carbons (Fsp3) is 0.227. The number of anilines is 1. The molecule has 1 aromatic carbocycles. The number of hydrogen-bond acceptors (Lipinski definition) is 7. The van der Waals surface area contributed by atoms with Crippen LogP contribution in [0.15, 0.2) is 49.1 Å². The quantitative estimate of drug-likeness (QED) is 0.375. The van der Waals surface area contributed by atoms with E-state index < -0.39 is 0 Å². The van der Waals surface area contributed by atoms with Gasteiger partial charge in [0.05, 0.1) is 42.7 Å². The van der Waals surface area contributed by atoms with Gasteiger partial charge in [0.25, 0.3) is 5.91 Å². The lowest BCUT2D eigenvalue weighted by atomic mass is 10.1. The van der Waals surface area contributed by atoms with E-state index in [0.29, 0.717) is 31.0 Å². The number of nitrogen functional groups attached to an aromatic ring is 1. The number of H-pyrrole nitrogens is 1. The molecule has 1 atom stereocenters. The predicted octanol–water partition coefficient (Wildman–Crippen LogP) is 1.62. The number of hydrogen-bond donors (Lipinski definition) is 3. The van der Waals surface area contributed by atoms with Gasteiger partial charge in [0, 0.05) is 35.5 Å². The number of para-hydroxylation sites is 1. The molecule has 0 radical (unpaired) electrons. The van der Waals surface area contributed by atoms with Crippen molar-refractivity contribution in [2.75, 3.05) is 18.9 Å². The van der Waals surface area contributed by atoms with Crippen LogP contribution < -0.4 is 11.1 Å². The van der Waals surface area contributed by atoms with Crippen LogP contribution in [0.1, 0.15) is 22.3 Å². The number of benzene rings is 1. The van der Waals surface area contributed by atoms with Gasteiger partial charge in [-0.05, 0) is 18.1 Å². The normalized spacial score (nSPS) is 16.1. The summed E-state index contributed by atoms with van der Waals surface area (Å²) >= 11 is 0. The van der Waals surface area contributed by atoms with Crippen molar-refractivity contribution in [1.29, 1.82) is 0 Å².